The van der Waals surface area contributed by atoms with Gasteiger partial charge in [-0.15, -0.1) is 10.9 Å². The highest BCUT2D eigenvalue weighted by Crippen LogP contribution is 2.40. The number of hydrogen-bond donors (Lipinski definition) is 0. The summed E-state index contributed by atoms with van der Waals surface area (Å²) < 4.78 is 4.30. The van der Waals surface area contributed by atoms with Gasteiger partial charge in [0.05, 0.1) is 11.0 Å². The van der Waals surface area contributed by atoms with Crippen molar-refractivity contribution in [2.75, 3.05) is 0 Å². The monoisotopic (exact) mass is 832 g/mol. The van der Waals surface area contributed by atoms with Gasteiger partial charge in [0, 0.05) is 44.1 Å². The summed E-state index contributed by atoms with van der Waals surface area (Å²) in [6.45, 7) is 0. The van der Waals surface area contributed by atoms with E-state index in [1.807, 2.05) is 41.0 Å². The fraction of sp³-hybridized carbons (Fsp3) is 0. The second-order valence-corrected chi connectivity index (χ2v) is 17.2. The van der Waals surface area contributed by atoms with Gasteiger partial charge in [-0.05, 0) is 97.6 Å². The largest absolute Gasteiger partial charge is 0.311 e. The first-order chi connectivity index (χ1) is 32.7. The minimum Gasteiger partial charge on any atom is -0.311 e. The summed E-state index contributed by atoms with van der Waals surface area (Å²) in [6, 6.07) is 65.4. The quantitative estimate of drug-likeness (QED) is 0.156. The molecule has 2 aromatic heterocycles. The van der Waals surface area contributed by atoms with Gasteiger partial charge in [0.15, 0.2) is 0 Å². The molecule has 9 heteroatoms. The van der Waals surface area contributed by atoms with Crippen molar-refractivity contribution in [1.29, 1.82) is 0 Å². The van der Waals surface area contributed by atoms with Gasteiger partial charge in [0.1, 0.15) is 54.9 Å². The number of benzene rings is 10. The Hall–Kier alpha value is -7.49. The summed E-state index contributed by atoms with van der Waals surface area (Å²) in [5.41, 5.74) is 14.8. The third-order valence-corrected chi connectivity index (χ3v) is 13.5. The van der Waals surface area contributed by atoms with Gasteiger partial charge >= 0.3 is 0 Å². The molecule has 0 N–H and O–H groups in total. The second kappa shape index (κ2) is 15.8. The molecule has 0 unspecified atom stereocenters. The lowest BCUT2D eigenvalue weighted by Crippen LogP contribution is -2.48. The van der Waals surface area contributed by atoms with Crippen LogP contribution in [0, 0.1) is 0 Å². The molecule has 12 rings (SSSR count). The molecule has 14 radical (unpaired) electrons. The van der Waals surface area contributed by atoms with Crippen molar-refractivity contribution >= 4 is 148 Å². The highest BCUT2D eigenvalue weighted by atomic mass is 15.0. The van der Waals surface area contributed by atoms with Crippen LogP contribution >= 0.6 is 0 Å². The van der Waals surface area contributed by atoms with Crippen molar-refractivity contribution in [2.45, 2.75) is 0 Å². The van der Waals surface area contributed by atoms with E-state index in [0.29, 0.717) is 43.8 Å². The Kier molecular flexibility index (Phi) is 9.69. The van der Waals surface area contributed by atoms with E-state index in [-0.39, 0.29) is 21.9 Å². The Labute approximate surface area is 398 Å². The molecule has 2 nitrogen and oxygen atoms in total. The first-order valence-electron chi connectivity index (χ1n) is 22.1. The number of hydrogen-bond acceptors (Lipinski definition) is 0. The van der Waals surface area contributed by atoms with Crippen LogP contribution in [0.2, 0.25) is 0 Å². The van der Waals surface area contributed by atoms with E-state index in [2.05, 4.69) is 156 Å². The Balaban J connectivity index is 1.09. The van der Waals surface area contributed by atoms with Gasteiger partial charge in [-0.2, -0.15) is 0 Å². The molecule has 0 atom stereocenters. The topological polar surface area (TPSA) is 9.86 Å². The van der Waals surface area contributed by atoms with Crippen LogP contribution in [0.3, 0.4) is 0 Å². The lowest BCUT2D eigenvalue weighted by molar-refractivity contribution is 1.18. The van der Waals surface area contributed by atoms with Crippen LogP contribution in [0.25, 0.3) is 110 Å². The Morgan fingerprint density at radius 3 is 1.60 bits per heavy atom. The molecular weight excluding hydrogens is 800 g/mol. The smallest absolute Gasteiger partial charge is 0.115 e. The van der Waals surface area contributed by atoms with E-state index in [0.717, 1.165) is 72.1 Å². The van der Waals surface area contributed by atoms with E-state index in [9.17, 15) is 0 Å². The molecule has 0 aliphatic carbocycles. The second-order valence-electron chi connectivity index (χ2n) is 17.2. The maximum Gasteiger partial charge on any atom is 0.115 e. The van der Waals surface area contributed by atoms with Crippen LogP contribution < -0.4 is 38.2 Å². The van der Waals surface area contributed by atoms with Gasteiger partial charge < -0.3 is 9.13 Å². The minimum atomic E-state index is 0.173. The van der Waals surface area contributed by atoms with Crippen LogP contribution in [0.5, 0.6) is 0 Å². The third kappa shape index (κ3) is 6.35. The summed E-state index contributed by atoms with van der Waals surface area (Å²) in [7, 11) is 48.9. The van der Waals surface area contributed by atoms with E-state index < -0.39 is 0 Å². The fourth-order valence-electron chi connectivity index (χ4n) is 10.2. The van der Waals surface area contributed by atoms with Crippen molar-refractivity contribution < 1.29 is 0 Å². The zero-order chi connectivity index (χ0) is 45.7. The molecule has 0 fully saturated rings. The van der Waals surface area contributed by atoms with E-state index in [1.54, 1.807) is 0 Å². The summed E-state index contributed by atoms with van der Waals surface area (Å²) in [4.78, 5) is 0. The lowest BCUT2D eigenvalue weighted by atomic mass is 9.64. The first kappa shape index (κ1) is 41.0. The molecule has 0 saturated carbocycles. The number of aromatic nitrogens is 2. The van der Waals surface area contributed by atoms with E-state index >= 15 is 0 Å². The standard InChI is InChI=1S/C58H31B7N2/c59-49-46(50(60)54(64)57-47(49)48-51(61)52(62)53(63)55(65)58(48)67(57)41-18-9-17-37(30-41)32-11-3-1-4-12-32)39-25-28-45-44(31-39)43-20-10-19-42(35-14-5-2-6-15-35)56(43)66(45)40-26-23-34(24-27-40)38-22-21-33-13-7-8-16-36(33)29-38/h1-31H. The van der Waals surface area contributed by atoms with Gasteiger partial charge in [-0.1, -0.05) is 173 Å². The summed E-state index contributed by atoms with van der Waals surface area (Å²) in [6.07, 6.45) is 0. The van der Waals surface area contributed by atoms with Gasteiger partial charge in [-0.25, -0.2) is 0 Å². The predicted molar refractivity (Wildman–Crippen MR) is 292 cm³/mol. The fourth-order valence-corrected chi connectivity index (χ4v) is 10.2. The molecule has 10 aromatic carbocycles. The van der Waals surface area contributed by atoms with Crippen molar-refractivity contribution in [1.82, 2.24) is 9.13 Å². The molecule has 2 heterocycles. The molecule has 0 bridgehead atoms. The molecule has 0 spiro atoms. The molecular formula is C58H31B7N2. The lowest BCUT2D eigenvalue weighted by Gasteiger charge is -2.19. The number of rotatable bonds is 6. The Morgan fingerprint density at radius 1 is 0.284 bits per heavy atom. The normalized spacial score (nSPS) is 11.7. The van der Waals surface area contributed by atoms with Crippen molar-refractivity contribution in [3.8, 4) is 55.9 Å². The highest BCUT2D eigenvalue weighted by molar-refractivity contribution is 6.69. The molecule has 0 amide bonds. The first-order valence-corrected chi connectivity index (χ1v) is 22.1. The average molecular weight is 832 g/mol. The molecule has 0 aliphatic rings. The molecule has 294 valence electrons. The van der Waals surface area contributed by atoms with Crippen LogP contribution in [0.1, 0.15) is 0 Å². The predicted octanol–water partition coefficient (Wildman–Crippen LogP) is 7.26. The number of para-hydroxylation sites is 1. The number of nitrogens with zero attached hydrogens (tertiary/aromatic N) is 2. The molecule has 67 heavy (non-hydrogen) atoms. The zero-order valence-corrected chi connectivity index (χ0v) is 36.3. The third-order valence-electron chi connectivity index (χ3n) is 13.5. The summed E-state index contributed by atoms with van der Waals surface area (Å²) in [5, 5.41) is 5.63. The molecule has 12 aromatic rings. The highest BCUT2D eigenvalue weighted by Gasteiger charge is 2.25. The van der Waals surface area contributed by atoms with Gasteiger partial charge in [0.25, 0.3) is 0 Å². The molecule has 0 aliphatic heterocycles. The van der Waals surface area contributed by atoms with Crippen molar-refractivity contribution in [2.24, 2.45) is 0 Å². The van der Waals surface area contributed by atoms with Crippen LogP contribution in [0.4, 0.5) is 0 Å². The summed E-state index contributed by atoms with van der Waals surface area (Å²) >= 11 is 0. The van der Waals surface area contributed by atoms with E-state index in [1.165, 1.54) is 10.8 Å². The van der Waals surface area contributed by atoms with Crippen LogP contribution in [0.15, 0.2) is 188 Å². The zero-order valence-electron chi connectivity index (χ0n) is 36.3. The Morgan fingerprint density at radius 2 is 0.851 bits per heavy atom. The maximum atomic E-state index is 7.43. The average Bonchev–Trinajstić information content (AvgIpc) is 3.92. The van der Waals surface area contributed by atoms with Gasteiger partial charge in [-0.3, -0.25) is 0 Å². The van der Waals surface area contributed by atoms with Gasteiger partial charge in [0.2, 0.25) is 0 Å². The van der Waals surface area contributed by atoms with Crippen molar-refractivity contribution in [3.63, 3.8) is 0 Å². The summed E-state index contributed by atoms with van der Waals surface area (Å²) in [5.74, 6) is 0. The van der Waals surface area contributed by atoms with E-state index in [4.69, 9.17) is 54.9 Å². The number of fused-ring (bicyclic) bond motifs is 7. The van der Waals surface area contributed by atoms with Crippen LogP contribution in [-0.4, -0.2) is 64.1 Å². The SMILES string of the molecule is [B]c1c([B])c([B])c2c(c1[B])c1c([B])c(-c3ccc4c(c3)c3cccc(-c5ccccc5)c3n4-c3ccc(-c4ccc5ccccc5c4)cc3)c([B])c([B])c1n2-c1cccc(-c2ccccc2)c1. The van der Waals surface area contributed by atoms with Crippen molar-refractivity contribution in [3.05, 3.63) is 188 Å². The molecule has 0 saturated heterocycles. The Bertz CT molecular complexity index is 3990. The van der Waals surface area contributed by atoms with Crippen LogP contribution in [-0.2, 0) is 0 Å². The minimum absolute atomic E-state index is 0.173. The maximum absolute atomic E-state index is 7.43.